The van der Waals surface area contributed by atoms with Gasteiger partial charge in [0.05, 0.1) is 13.1 Å². The molecule has 0 atom stereocenters. The largest absolute Gasteiger partial charge is 0.480 e. The van der Waals surface area contributed by atoms with E-state index in [-0.39, 0.29) is 31.2 Å². The maximum atomic E-state index is 13.4. The van der Waals surface area contributed by atoms with E-state index in [1.54, 1.807) is 12.1 Å². The van der Waals surface area contributed by atoms with Crippen LogP contribution >= 0.6 is 0 Å². The molecule has 1 amide bonds. The zero-order valence-corrected chi connectivity index (χ0v) is 27.0. The van der Waals surface area contributed by atoms with Crippen LogP contribution in [0.1, 0.15) is 60.2 Å². The van der Waals surface area contributed by atoms with Gasteiger partial charge in [0.15, 0.2) is 5.78 Å². The van der Waals surface area contributed by atoms with Crippen LogP contribution in [0, 0.1) is 13.8 Å². The topological polar surface area (TPSA) is 153 Å². The second kappa shape index (κ2) is 13.8. The molecule has 0 aliphatic carbocycles. The molecular weight excluding hydrogens is 610 g/mol. The van der Waals surface area contributed by atoms with Crippen LogP contribution in [-0.4, -0.2) is 79.8 Å². The monoisotopic (exact) mass is 647 g/mol. The number of carbonyl (C=O) groups is 4. The van der Waals surface area contributed by atoms with E-state index in [0.717, 1.165) is 50.3 Å². The van der Waals surface area contributed by atoms with E-state index in [1.807, 2.05) is 72.2 Å². The van der Waals surface area contributed by atoms with Gasteiger partial charge >= 0.3 is 11.9 Å². The Kier molecular flexibility index (Phi) is 9.42. The maximum Gasteiger partial charge on any atom is 0.317 e. The predicted molar refractivity (Wildman–Crippen MR) is 179 cm³/mol. The molecule has 6 rings (SSSR count). The minimum Gasteiger partial charge on any atom is -0.480 e. The summed E-state index contributed by atoms with van der Waals surface area (Å²) in [6.45, 7) is 6.05. The number of ketones is 1. The summed E-state index contributed by atoms with van der Waals surface area (Å²) in [6, 6.07) is 18.8. The zero-order chi connectivity index (χ0) is 33.9. The highest BCUT2D eigenvalue weighted by atomic mass is 16.4. The van der Waals surface area contributed by atoms with Crippen molar-refractivity contribution in [2.24, 2.45) is 0 Å². The first-order chi connectivity index (χ1) is 23.0. The summed E-state index contributed by atoms with van der Waals surface area (Å²) >= 11 is 0. The average molecular weight is 648 g/mol. The Morgan fingerprint density at radius 2 is 1.25 bits per heavy atom. The first kappa shape index (κ1) is 32.7. The van der Waals surface area contributed by atoms with Crippen molar-refractivity contribution < 1.29 is 29.4 Å². The number of pyridine rings is 2. The van der Waals surface area contributed by atoms with Crippen molar-refractivity contribution in [1.29, 1.82) is 0 Å². The molecule has 4 aromatic rings. The van der Waals surface area contributed by atoms with Gasteiger partial charge in [-0.2, -0.15) is 0 Å². The van der Waals surface area contributed by atoms with Gasteiger partial charge in [0, 0.05) is 62.5 Å². The SMILES string of the molecule is Cc1c(CC(=O)c2ccc3c(n2)CCN(CC(=O)O)C3)cccc1-c1cccc(NC(=O)c2ccc3c(n2)CCN(CC(=O)O)C3)c1C. The number of carboxylic acid groups (broad SMARTS) is 2. The molecule has 0 saturated heterocycles. The van der Waals surface area contributed by atoms with Gasteiger partial charge in [-0.25, -0.2) is 9.97 Å². The van der Waals surface area contributed by atoms with Crippen LogP contribution in [0.25, 0.3) is 11.1 Å². The molecule has 11 heteroatoms. The Morgan fingerprint density at radius 1 is 0.708 bits per heavy atom. The lowest BCUT2D eigenvalue weighted by Gasteiger charge is -2.26. The van der Waals surface area contributed by atoms with E-state index < -0.39 is 11.9 Å². The van der Waals surface area contributed by atoms with E-state index in [1.165, 1.54) is 0 Å². The van der Waals surface area contributed by atoms with Gasteiger partial charge in [0.25, 0.3) is 5.91 Å². The van der Waals surface area contributed by atoms with E-state index in [0.29, 0.717) is 56.1 Å². The Morgan fingerprint density at radius 3 is 1.85 bits per heavy atom. The molecule has 0 spiro atoms. The third kappa shape index (κ3) is 7.17. The molecule has 2 aliphatic heterocycles. The molecule has 2 aliphatic rings. The third-order valence-corrected chi connectivity index (χ3v) is 9.16. The number of aromatic nitrogens is 2. The first-order valence-corrected chi connectivity index (χ1v) is 15.9. The van der Waals surface area contributed by atoms with Crippen molar-refractivity contribution in [3.63, 3.8) is 0 Å². The number of carbonyl (C=O) groups excluding carboxylic acids is 2. The lowest BCUT2D eigenvalue weighted by Crippen LogP contribution is -2.35. The van der Waals surface area contributed by atoms with E-state index in [2.05, 4.69) is 15.3 Å². The average Bonchev–Trinajstić information content (AvgIpc) is 3.05. The fourth-order valence-electron chi connectivity index (χ4n) is 6.56. The fourth-order valence-corrected chi connectivity index (χ4v) is 6.56. The number of aliphatic carboxylic acids is 2. The fraction of sp³-hybridized carbons (Fsp3) is 0.297. The lowest BCUT2D eigenvalue weighted by atomic mass is 9.91. The van der Waals surface area contributed by atoms with Crippen LogP contribution in [0.15, 0.2) is 60.7 Å². The lowest BCUT2D eigenvalue weighted by molar-refractivity contribution is -0.139. The molecule has 3 N–H and O–H groups in total. The van der Waals surface area contributed by atoms with Crippen LogP contribution in [0.2, 0.25) is 0 Å². The maximum absolute atomic E-state index is 13.4. The van der Waals surface area contributed by atoms with Gasteiger partial charge in [-0.1, -0.05) is 42.5 Å². The number of carboxylic acids is 2. The number of Topliss-reactive ketones (excluding diaryl/α,β-unsaturated/α-hetero) is 1. The normalized spacial score (nSPS) is 14.5. The number of hydrogen-bond donors (Lipinski definition) is 3. The smallest absolute Gasteiger partial charge is 0.317 e. The van der Waals surface area contributed by atoms with Gasteiger partial charge in [-0.05, 0) is 71.0 Å². The third-order valence-electron chi connectivity index (χ3n) is 9.16. The molecule has 246 valence electrons. The van der Waals surface area contributed by atoms with E-state index in [4.69, 9.17) is 10.2 Å². The highest BCUT2D eigenvalue weighted by Crippen LogP contribution is 2.33. The Hall–Kier alpha value is -5.26. The Bertz CT molecular complexity index is 1800. The Balaban J connectivity index is 1.16. The zero-order valence-electron chi connectivity index (χ0n) is 27.0. The summed E-state index contributed by atoms with van der Waals surface area (Å²) in [4.78, 5) is 61.9. The van der Waals surface area contributed by atoms with Crippen molar-refractivity contribution in [3.8, 4) is 11.1 Å². The molecule has 11 nitrogen and oxygen atoms in total. The standard InChI is InChI=1S/C37H37N5O6/c1-22-24(17-34(43)32-11-9-25-18-41(20-35(44)45)15-13-30(25)38-32)5-3-6-27(22)28-7-4-8-29(23(28)2)40-37(48)33-12-10-26-19-42(21-36(46)47)16-14-31(26)39-33/h3-12H,13-21H2,1-2H3,(H,40,48)(H,44,45)(H,46,47). The van der Waals surface area contributed by atoms with Crippen LogP contribution < -0.4 is 5.32 Å². The number of amides is 1. The van der Waals surface area contributed by atoms with Crippen LogP contribution in [0.3, 0.4) is 0 Å². The summed E-state index contributed by atoms with van der Waals surface area (Å²) in [5.41, 5.74) is 9.53. The van der Waals surface area contributed by atoms with Crippen molar-refractivity contribution in [2.75, 3.05) is 31.5 Å². The molecule has 0 fully saturated rings. The first-order valence-electron chi connectivity index (χ1n) is 15.9. The second-order valence-corrected chi connectivity index (χ2v) is 12.4. The van der Waals surface area contributed by atoms with E-state index >= 15 is 0 Å². The molecular formula is C37H37N5O6. The predicted octanol–water partition coefficient (Wildman–Crippen LogP) is 4.32. The number of hydrogen-bond acceptors (Lipinski definition) is 8. The molecule has 2 aromatic heterocycles. The number of nitrogens with zero attached hydrogens (tertiary/aromatic N) is 4. The summed E-state index contributed by atoms with van der Waals surface area (Å²) in [5.74, 6) is -2.14. The van der Waals surface area contributed by atoms with Gasteiger partial charge in [0.1, 0.15) is 11.4 Å². The summed E-state index contributed by atoms with van der Waals surface area (Å²) in [5, 5.41) is 21.2. The number of nitrogens with one attached hydrogen (secondary N) is 1. The van der Waals surface area contributed by atoms with Crippen LogP contribution in [0.4, 0.5) is 5.69 Å². The van der Waals surface area contributed by atoms with Crippen LogP contribution in [0.5, 0.6) is 0 Å². The molecule has 0 radical (unpaired) electrons. The number of benzene rings is 2. The second-order valence-electron chi connectivity index (χ2n) is 12.4. The van der Waals surface area contributed by atoms with Gasteiger partial charge < -0.3 is 15.5 Å². The van der Waals surface area contributed by atoms with Crippen molar-refractivity contribution in [1.82, 2.24) is 19.8 Å². The minimum atomic E-state index is -0.868. The van der Waals surface area contributed by atoms with E-state index in [9.17, 15) is 19.2 Å². The quantitative estimate of drug-likeness (QED) is 0.212. The minimum absolute atomic E-state index is 0.0196. The number of anilines is 1. The van der Waals surface area contributed by atoms with Gasteiger partial charge in [-0.15, -0.1) is 0 Å². The van der Waals surface area contributed by atoms with Crippen molar-refractivity contribution >= 4 is 29.3 Å². The molecule has 2 aromatic carbocycles. The highest BCUT2D eigenvalue weighted by molar-refractivity contribution is 6.04. The number of fused-ring (bicyclic) bond motifs is 2. The highest BCUT2D eigenvalue weighted by Gasteiger charge is 2.23. The summed E-state index contributed by atoms with van der Waals surface area (Å²) < 4.78 is 0. The van der Waals surface area contributed by atoms with Gasteiger partial charge in [0.2, 0.25) is 0 Å². The summed E-state index contributed by atoms with van der Waals surface area (Å²) in [7, 11) is 0. The molecule has 48 heavy (non-hydrogen) atoms. The molecule has 0 saturated carbocycles. The molecule has 0 unspecified atom stereocenters. The Labute approximate surface area is 278 Å². The molecule has 4 heterocycles. The van der Waals surface area contributed by atoms with Crippen molar-refractivity contribution in [2.45, 2.75) is 46.2 Å². The van der Waals surface area contributed by atoms with Crippen molar-refractivity contribution in [3.05, 3.63) is 111 Å². The van der Waals surface area contributed by atoms with Gasteiger partial charge in [-0.3, -0.25) is 29.0 Å². The number of rotatable bonds is 10. The van der Waals surface area contributed by atoms with Crippen LogP contribution in [-0.2, 0) is 41.9 Å². The summed E-state index contributed by atoms with van der Waals surface area (Å²) in [6.07, 6.45) is 1.36. The molecule has 0 bridgehead atoms.